The molecule has 0 radical (unpaired) electrons. The second-order valence-corrected chi connectivity index (χ2v) is 6.65. The number of anilines is 2. The molecule has 0 spiro atoms. The average Bonchev–Trinajstić information content (AvgIpc) is 2.34. The van der Waals surface area contributed by atoms with Gasteiger partial charge in [-0.1, -0.05) is 34.6 Å². The van der Waals surface area contributed by atoms with E-state index in [1.54, 1.807) is 0 Å². The van der Waals surface area contributed by atoms with Crippen LogP contribution in [0.2, 0.25) is 0 Å². The maximum atomic E-state index is 4.79. The number of hydrogen-bond donors (Lipinski definition) is 1. The highest BCUT2D eigenvalue weighted by molar-refractivity contribution is 5.50. The number of rotatable bonds is 6. The van der Waals surface area contributed by atoms with E-state index in [9.17, 15) is 0 Å². The van der Waals surface area contributed by atoms with Crippen LogP contribution in [0.4, 0.5) is 11.6 Å². The zero-order chi connectivity index (χ0) is 15.3. The van der Waals surface area contributed by atoms with Crippen LogP contribution in [0.5, 0.6) is 0 Å². The highest BCUT2D eigenvalue weighted by atomic mass is 15.2. The van der Waals surface area contributed by atoms with Crippen molar-refractivity contribution in [3.63, 3.8) is 0 Å². The SMILES string of the molecule is CCNc1cc(N(CC)CC(C)C)nc(C(C)(C)C)n1. The van der Waals surface area contributed by atoms with Crippen molar-refractivity contribution < 1.29 is 0 Å². The Balaban J connectivity index is 3.19. The molecule has 0 aliphatic heterocycles. The summed E-state index contributed by atoms with van der Waals surface area (Å²) in [6, 6.07) is 2.06. The van der Waals surface area contributed by atoms with E-state index in [1.807, 2.05) is 0 Å². The van der Waals surface area contributed by atoms with Gasteiger partial charge in [0.1, 0.15) is 17.5 Å². The van der Waals surface area contributed by atoms with E-state index >= 15 is 0 Å². The third-order valence-corrected chi connectivity index (χ3v) is 3.03. The van der Waals surface area contributed by atoms with Crippen LogP contribution < -0.4 is 10.2 Å². The van der Waals surface area contributed by atoms with Gasteiger partial charge in [0.2, 0.25) is 0 Å². The van der Waals surface area contributed by atoms with Crippen LogP contribution in [0.25, 0.3) is 0 Å². The van der Waals surface area contributed by atoms with E-state index in [2.05, 4.69) is 69.7 Å². The van der Waals surface area contributed by atoms with Crippen molar-refractivity contribution in [2.24, 2.45) is 5.92 Å². The first-order valence-corrected chi connectivity index (χ1v) is 7.66. The minimum atomic E-state index is -0.0442. The van der Waals surface area contributed by atoms with Gasteiger partial charge in [-0.3, -0.25) is 0 Å². The van der Waals surface area contributed by atoms with Gasteiger partial charge in [0.05, 0.1) is 0 Å². The third-order valence-electron chi connectivity index (χ3n) is 3.03. The van der Waals surface area contributed by atoms with E-state index in [1.165, 1.54) is 0 Å². The van der Waals surface area contributed by atoms with Crippen molar-refractivity contribution in [3.8, 4) is 0 Å². The summed E-state index contributed by atoms with van der Waals surface area (Å²) in [5.74, 6) is 3.46. The number of aromatic nitrogens is 2. The van der Waals surface area contributed by atoms with Gasteiger partial charge in [0.15, 0.2) is 0 Å². The Hall–Kier alpha value is -1.32. The third kappa shape index (κ3) is 4.66. The molecule has 1 aromatic heterocycles. The van der Waals surface area contributed by atoms with Crippen molar-refractivity contribution in [2.75, 3.05) is 29.9 Å². The lowest BCUT2D eigenvalue weighted by Crippen LogP contribution is -2.29. The fourth-order valence-corrected chi connectivity index (χ4v) is 2.03. The molecule has 1 N–H and O–H groups in total. The molecule has 1 rings (SSSR count). The smallest absolute Gasteiger partial charge is 0.138 e. The van der Waals surface area contributed by atoms with E-state index in [0.29, 0.717) is 5.92 Å². The van der Waals surface area contributed by atoms with Crippen LogP contribution in [-0.4, -0.2) is 29.6 Å². The van der Waals surface area contributed by atoms with Gasteiger partial charge in [-0.05, 0) is 19.8 Å². The van der Waals surface area contributed by atoms with Crippen molar-refractivity contribution in [3.05, 3.63) is 11.9 Å². The second-order valence-electron chi connectivity index (χ2n) is 6.65. The van der Waals surface area contributed by atoms with Gasteiger partial charge in [-0.25, -0.2) is 9.97 Å². The summed E-state index contributed by atoms with van der Waals surface area (Å²) in [5.41, 5.74) is -0.0442. The zero-order valence-electron chi connectivity index (χ0n) is 14.1. The Morgan fingerprint density at radius 1 is 1.20 bits per heavy atom. The molecule has 0 bridgehead atoms. The predicted octanol–water partition coefficient (Wildman–Crippen LogP) is 3.69. The maximum absolute atomic E-state index is 4.79. The van der Waals surface area contributed by atoms with Gasteiger partial charge in [0.25, 0.3) is 0 Å². The van der Waals surface area contributed by atoms with Crippen LogP contribution in [-0.2, 0) is 5.41 Å². The molecule has 20 heavy (non-hydrogen) atoms. The maximum Gasteiger partial charge on any atom is 0.138 e. The molecule has 0 amide bonds. The van der Waals surface area contributed by atoms with E-state index in [4.69, 9.17) is 4.98 Å². The number of hydrogen-bond acceptors (Lipinski definition) is 4. The van der Waals surface area contributed by atoms with E-state index < -0.39 is 0 Å². The Morgan fingerprint density at radius 2 is 1.85 bits per heavy atom. The van der Waals surface area contributed by atoms with Gasteiger partial charge in [0, 0.05) is 31.1 Å². The summed E-state index contributed by atoms with van der Waals surface area (Å²) in [7, 11) is 0. The quantitative estimate of drug-likeness (QED) is 0.861. The molecule has 0 saturated carbocycles. The summed E-state index contributed by atoms with van der Waals surface area (Å²) in [5, 5.41) is 3.31. The van der Waals surface area contributed by atoms with Crippen LogP contribution in [0.15, 0.2) is 6.07 Å². The first-order valence-electron chi connectivity index (χ1n) is 7.66. The summed E-state index contributed by atoms with van der Waals surface area (Å²) in [4.78, 5) is 11.7. The predicted molar refractivity (Wildman–Crippen MR) is 87.6 cm³/mol. The molecule has 0 aliphatic rings. The largest absolute Gasteiger partial charge is 0.370 e. The lowest BCUT2D eigenvalue weighted by molar-refractivity contribution is 0.542. The molecule has 0 aliphatic carbocycles. The van der Waals surface area contributed by atoms with Crippen molar-refractivity contribution in [1.29, 1.82) is 0 Å². The first kappa shape index (κ1) is 16.7. The molecule has 4 nitrogen and oxygen atoms in total. The summed E-state index contributed by atoms with van der Waals surface area (Å²) in [6.07, 6.45) is 0. The van der Waals surface area contributed by atoms with Crippen LogP contribution in [0.1, 0.15) is 54.3 Å². The van der Waals surface area contributed by atoms with E-state index in [0.717, 1.165) is 37.1 Å². The standard InChI is InChI=1S/C16H30N4/c1-8-17-13-10-14(20(9-2)11-12(3)4)19-15(18-13)16(5,6)7/h10,12H,8-9,11H2,1-7H3,(H,17,18,19). The van der Waals surface area contributed by atoms with Crippen LogP contribution >= 0.6 is 0 Å². The van der Waals surface area contributed by atoms with Crippen molar-refractivity contribution >= 4 is 11.6 Å². The van der Waals surface area contributed by atoms with Gasteiger partial charge >= 0.3 is 0 Å². The fraction of sp³-hybridized carbons (Fsp3) is 0.750. The molecule has 0 saturated heterocycles. The highest BCUT2D eigenvalue weighted by Crippen LogP contribution is 2.24. The van der Waals surface area contributed by atoms with Crippen LogP contribution in [0.3, 0.4) is 0 Å². The number of nitrogens with zero attached hydrogens (tertiary/aromatic N) is 3. The molecular formula is C16H30N4. The lowest BCUT2D eigenvalue weighted by atomic mass is 9.96. The molecule has 0 unspecified atom stereocenters. The topological polar surface area (TPSA) is 41.0 Å². The molecule has 114 valence electrons. The van der Waals surface area contributed by atoms with Gasteiger partial charge < -0.3 is 10.2 Å². The molecule has 0 fully saturated rings. The monoisotopic (exact) mass is 278 g/mol. The summed E-state index contributed by atoms with van der Waals surface area (Å²) in [6.45, 7) is 18.0. The summed E-state index contributed by atoms with van der Waals surface area (Å²) < 4.78 is 0. The van der Waals surface area contributed by atoms with Gasteiger partial charge in [-0.15, -0.1) is 0 Å². The number of nitrogens with one attached hydrogen (secondary N) is 1. The van der Waals surface area contributed by atoms with E-state index in [-0.39, 0.29) is 5.41 Å². The van der Waals surface area contributed by atoms with Crippen molar-refractivity contribution in [1.82, 2.24) is 9.97 Å². The minimum absolute atomic E-state index is 0.0442. The minimum Gasteiger partial charge on any atom is -0.370 e. The van der Waals surface area contributed by atoms with Crippen molar-refractivity contribution in [2.45, 2.75) is 53.9 Å². The Bertz CT molecular complexity index is 421. The van der Waals surface area contributed by atoms with Crippen LogP contribution in [0, 0.1) is 5.92 Å². The fourth-order valence-electron chi connectivity index (χ4n) is 2.03. The lowest BCUT2D eigenvalue weighted by Gasteiger charge is -2.26. The second kappa shape index (κ2) is 6.91. The average molecular weight is 278 g/mol. The Kier molecular flexibility index (Phi) is 5.78. The highest BCUT2D eigenvalue weighted by Gasteiger charge is 2.20. The zero-order valence-corrected chi connectivity index (χ0v) is 14.1. The molecule has 4 heteroatoms. The Morgan fingerprint density at radius 3 is 2.30 bits per heavy atom. The molecule has 1 aromatic rings. The molecule has 1 heterocycles. The summed E-state index contributed by atoms with van der Waals surface area (Å²) >= 11 is 0. The normalized spacial score (nSPS) is 11.8. The molecular weight excluding hydrogens is 248 g/mol. The molecule has 0 aromatic carbocycles. The van der Waals surface area contributed by atoms with Gasteiger partial charge in [-0.2, -0.15) is 0 Å². The first-order chi connectivity index (χ1) is 9.27. The Labute approximate surface area is 124 Å². The molecule has 0 atom stereocenters.